The molecule has 1 aromatic heterocycles. The number of benzene rings is 2. The number of hydrogen-bond acceptors (Lipinski definition) is 3. The van der Waals surface area contributed by atoms with Crippen LogP contribution in [0.1, 0.15) is 12.0 Å². The molecule has 5 heteroatoms. The molecule has 24 heavy (non-hydrogen) atoms. The van der Waals surface area contributed by atoms with Gasteiger partial charge in [0.1, 0.15) is 0 Å². The number of halogens is 1. The first kappa shape index (κ1) is 16.4. The number of pyridine rings is 1. The van der Waals surface area contributed by atoms with E-state index in [2.05, 4.69) is 15.6 Å². The lowest BCUT2D eigenvalue weighted by atomic mass is 10.1. The summed E-state index contributed by atoms with van der Waals surface area (Å²) < 4.78 is 0. The summed E-state index contributed by atoms with van der Waals surface area (Å²) in [6.45, 7) is 1.33. The SMILES string of the molecule is O=C(CCNCc1ccc(Cl)cc1)Nc1ccc2cnccc2c1. The molecule has 1 amide bonds. The van der Waals surface area contributed by atoms with E-state index in [1.54, 1.807) is 6.20 Å². The lowest BCUT2D eigenvalue weighted by Crippen LogP contribution is -2.21. The standard InChI is InChI=1S/C19H18ClN3O/c20-17-4-1-14(2-5-17)12-21-10-8-19(24)23-18-6-3-16-13-22-9-7-15(16)11-18/h1-7,9,11,13,21H,8,10,12H2,(H,23,24). The van der Waals surface area contributed by atoms with Gasteiger partial charge in [-0.15, -0.1) is 0 Å². The van der Waals surface area contributed by atoms with Crippen LogP contribution in [0.4, 0.5) is 5.69 Å². The third-order valence-electron chi connectivity index (χ3n) is 3.70. The molecule has 0 saturated carbocycles. The van der Waals surface area contributed by atoms with Crippen molar-refractivity contribution in [3.63, 3.8) is 0 Å². The molecule has 0 bridgehead atoms. The molecule has 2 N–H and O–H groups in total. The van der Waals surface area contributed by atoms with E-state index in [9.17, 15) is 4.79 Å². The van der Waals surface area contributed by atoms with Crippen molar-refractivity contribution in [2.75, 3.05) is 11.9 Å². The highest BCUT2D eigenvalue weighted by Gasteiger charge is 2.03. The molecule has 0 aliphatic carbocycles. The number of fused-ring (bicyclic) bond motifs is 1. The highest BCUT2D eigenvalue weighted by Crippen LogP contribution is 2.18. The summed E-state index contributed by atoms with van der Waals surface area (Å²) in [7, 11) is 0. The molecule has 3 rings (SSSR count). The summed E-state index contributed by atoms with van der Waals surface area (Å²) in [5, 5.41) is 9.02. The van der Waals surface area contributed by atoms with Crippen LogP contribution in [0.5, 0.6) is 0 Å². The Kier molecular flexibility index (Phi) is 5.41. The minimum absolute atomic E-state index is 0.00740. The van der Waals surface area contributed by atoms with E-state index in [1.807, 2.05) is 54.7 Å². The normalized spacial score (nSPS) is 10.7. The number of nitrogens with one attached hydrogen (secondary N) is 2. The molecule has 0 atom stereocenters. The number of anilines is 1. The van der Waals surface area contributed by atoms with E-state index < -0.39 is 0 Å². The first-order chi connectivity index (χ1) is 11.7. The van der Waals surface area contributed by atoms with Crippen molar-refractivity contribution in [2.24, 2.45) is 0 Å². The lowest BCUT2D eigenvalue weighted by molar-refractivity contribution is -0.116. The van der Waals surface area contributed by atoms with E-state index in [-0.39, 0.29) is 5.91 Å². The molecule has 2 aromatic carbocycles. The summed E-state index contributed by atoms with van der Waals surface area (Å²) in [5.74, 6) is -0.00740. The minimum Gasteiger partial charge on any atom is -0.326 e. The Morgan fingerprint density at radius 1 is 1.04 bits per heavy atom. The van der Waals surface area contributed by atoms with Crippen LogP contribution >= 0.6 is 11.6 Å². The summed E-state index contributed by atoms with van der Waals surface area (Å²) in [4.78, 5) is 16.1. The number of amides is 1. The third kappa shape index (κ3) is 4.54. The zero-order chi connectivity index (χ0) is 16.8. The maximum atomic E-state index is 12.0. The van der Waals surface area contributed by atoms with Gasteiger partial charge in [0.2, 0.25) is 5.91 Å². The molecule has 0 spiro atoms. The molecule has 0 aliphatic heterocycles. The van der Waals surface area contributed by atoms with Gasteiger partial charge < -0.3 is 10.6 Å². The van der Waals surface area contributed by atoms with Crippen LogP contribution in [-0.2, 0) is 11.3 Å². The van der Waals surface area contributed by atoms with E-state index >= 15 is 0 Å². The van der Waals surface area contributed by atoms with Crippen molar-refractivity contribution < 1.29 is 4.79 Å². The van der Waals surface area contributed by atoms with Crippen LogP contribution in [0.25, 0.3) is 10.8 Å². The Balaban J connectivity index is 1.45. The number of nitrogens with zero attached hydrogens (tertiary/aromatic N) is 1. The van der Waals surface area contributed by atoms with Crippen molar-refractivity contribution in [3.8, 4) is 0 Å². The zero-order valence-corrected chi connectivity index (χ0v) is 13.9. The van der Waals surface area contributed by atoms with Crippen molar-refractivity contribution in [2.45, 2.75) is 13.0 Å². The fraction of sp³-hybridized carbons (Fsp3) is 0.158. The Morgan fingerprint density at radius 3 is 2.71 bits per heavy atom. The highest BCUT2D eigenvalue weighted by molar-refractivity contribution is 6.30. The summed E-state index contributed by atoms with van der Waals surface area (Å²) in [6, 6.07) is 15.4. The molecule has 3 aromatic rings. The van der Waals surface area contributed by atoms with Crippen LogP contribution in [0.2, 0.25) is 5.02 Å². The molecular formula is C19H18ClN3O. The van der Waals surface area contributed by atoms with Gasteiger partial charge in [-0.2, -0.15) is 0 Å². The first-order valence-corrected chi connectivity index (χ1v) is 8.17. The van der Waals surface area contributed by atoms with Crippen LogP contribution in [0, 0.1) is 0 Å². The van der Waals surface area contributed by atoms with E-state index in [0.29, 0.717) is 19.5 Å². The second kappa shape index (κ2) is 7.90. The predicted octanol–water partition coefficient (Wildman–Crippen LogP) is 4.01. The Bertz CT molecular complexity index is 833. The molecular weight excluding hydrogens is 322 g/mol. The van der Waals surface area contributed by atoms with Gasteiger partial charge in [0.15, 0.2) is 0 Å². The van der Waals surface area contributed by atoms with Gasteiger partial charge >= 0.3 is 0 Å². The lowest BCUT2D eigenvalue weighted by Gasteiger charge is -2.08. The average Bonchev–Trinajstić information content (AvgIpc) is 2.60. The molecule has 0 radical (unpaired) electrons. The zero-order valence-electron chi connectivity index (χ0n) is 13.1. The van der Waals surface area contributed by atoms with Crippen LogP contribution in [-0.4, -0.2) is 17.4 Å². The molecule has 4 nitrogen and oxygen atoms in total. The van der Waals surface area contributed by atoms with Gasteiger partial charge in [-0.25, -0.2) is 0 Å². The average molecular weight is 340 g/mol. The smallest absolute Gasteiger partial charge is 0.225 e. The molecule has 0 saturated heterocycles. The van der Waals surface area contributed by atoms with Crippen molar-refractivity contribution in [1.82, 2.24) is 10.3 Å². The summed E-state index contributed by atoms with van der Waals surface area (Å²) >= 11 is 5.85. The van der Waals surface area contributed by atoms with Crippen LogP contribution < -0.4 is 10.6 Å². The molecule has 122 valence electrons. The number of hydrogen-bond donors (Lipinski definition) is 2. The second-order valence-electron chi connectivity index (χ2n) is 5.54. The van der Waals surface area contributed by atoms with Gasteiger partial charge in [-0.3, -0.25) is 9.78 Å². The largest absolute Gasteiger partial charge is 0.326 e. The van der Waals surface area contributed by atoms with E-state index in [0.717, 1.165) is 27.0 Å². The van der Waals surface area contributed by atoms with Crippen LogP contribution in [0.3, 0.4) is 0 Å². The topological polar surface area (TPSA) is 54.0 Å². The van der Waals surface area contributed by atoms with Gasteiger partial charge in [0.05, 0.1) is 0 Å². The number of carbonyl (C=O) groups is 1. The van der Waals surface area contributed by atoms with Crippen molar-refractivity contribution >= 4 is 34.0 Å². The van der Waals surface area contributed by atoms with E-state index in [1.165, 1.54) is 0 Å². The predicted molar refractivity (Wildman–Crippen MR) is 98.1 cm³/mol. The Morgan fingerprint density at radius 2 is 1.88 bits per heavy atom. The number of rotatable bonds is 6. The van der Waals surface area contributed by atoms with Crippen molar-refractivity contribution in [3.05, 3.63) is 71.5 Å². The molecule has 0 fully saturated rings. The summed E-state index contributed by atoms with van der Waals surface area (Å²) in [6.07, 6.45) is 3.97. The van der Waals surface area contributed by atoms with Gasteiger partial charge in [0, 0.05) is 48.0 Å². The monoisotopic (exact) mass is 339 g/mol. The van der Waals surface area contributed by atoms with Gasteiger partial charge in [-0.05, 0) is 41.3 Å². The molecule has 1 heterocycles. The number of carbonyl (C=O) groups excluding carboxylic acids is 1. The third-order valence-corrected chi connectivity index (χ3v) is 3.95. The van der Waals surface area contributed by atoms with Gasteiger partial charge in [0.25, 0.3) is 0 Å². The second-order valence-corrected chi connectivity index (χ2v) is 5.98. The maximum absolute atomic E-state index is 12.0. The highest BCUT2D eigenvalue weighted by atomic mass is 35.5. The molecule has 0 unspecified atom stereocenters. The quantitative estimate of drug-likeness (QED) is 0.667. The minimum atomic E-state index is -0.00740. The Labute approximate surface area is 145 Å². The van der Waals surface area contributed by atoms with E-state index in [4.69, 9.17) is 11.6 Å². The molecule has 0 aliphatic rings. The van der Waals surface area contributed by atoms with Crippen LogP contribution in [0.15, 0.2) is 60.9 Å². The Hall–Kier alpha value is -2.43. The number of aromatic nitrogens is 1. The first-order valence-electron chi connectivity index (χ1n) is 7.79. The van der Waals surface area contributed by atoms with Gasteiger partial charge in [-0.1, -0.05) is 29.8 Å². The fourth-order valence-corrected chi connectivity index (χ4v) is 2.55. The maximum Gasteiger partial charge on any atom is 0.225 e. The van der Waals surface area contributed by atoms with Crippen molar-refractivity contribution in [1.29, 1.82) is 0 Å². The summed E-state index contributed by atoms with van der Waals surface area (Å²) in [5.41, 5.74) is 1.94. The fourth-order valence-electron chi connectivity index (χ4n) is 2.42.